The van der Waals surface area contributed by atoms with Gasteiger partial charge in [0.1, 0.15) is 5.82 Å². The fraction of sp³-hybridized carbons (Fsp3) is 0.733. The zero-order chi connectivity index (χ0) is 14.5. The first-order valence-electron chi connectivity index (χ1n) is 7.62. The van der Waals surface area contributed by atoms with E-state index >= 15 is 0 Å². The molecule has 2 N–H and O–H groups in total. The number of carbonyl (C=O) groups is 1. The van der Waals surface area contributed by atoms with Crippen LogP contribution >= 0.6 is 0 Å². The van der Waals surface area contributed by atoms with Crippen molar-refractivity contribution in [1.82, 2.24) is 20.2 Å². The largest absolute Gasteiger partial charge is 0.338 e. The third-order valence-electron chi connectivity index (χ3n) is 3.80. The quantitative estimate of drug-likeness (QED) is 0.839. The SMILES string of the molecule is Cc1cnc(CCNC(=O)NCC(C)C)n1C1CCC1. The summed E-state index contributed by atoms with van der Waals surface area (Å²) >= 11 is 0. The lowest BCUT2D eigenvalue weighted by Gasteiger charge is -2.29. The number of hydrogen-bond acceptors (Lipinski definition) is 2. The molecule has 0 aliphatic heterocycles. The van der Waals surface area contributed by atoms with E-state index in [1.54, 1.807) is 0 Å². The van der Waals surface area contributed by atoms with Gasteiger partial charge in [0.2, 0.25) is 0 Å². The average Bonchev–Trinajstić information content (AvgIpc) is 2.67. The van der Waals surface area contributed by atoms with Crippen LogP contribution in [-0.4, -0.2) is 28.7 Å². The number of hydrogen-bond donors (Lipinski definition) is 2. The second kappa shape index (κ2) is 6.77. The van der Waals surface area contributed by atoms with Crippen molar-refractivity contribution in [2.45, 2.75) is 52.5 Å². The molecule has 5 heteroatoms. The molecular formula is C15H26N4O. The van der Waals surface area contributed by atoms with Crippen molar-refractivity contribution < 1.29 is 4.79 Å². The van der Waals surface area contributed by atoms with E-state index < -0.39 is 0 Å². The molecule has 1 fully saturated rings. The summed E-state index contributed by atoms with van der Waals surface area (Å²) in [4.78, 5) is 16.1. The van der Waals surface area contributed by atoms with E-state index in [4.69, 9.17) is 0 Å². The molecule has 0 atom stereocenters. The van der Waals surface area contributed by atoms with Gasteiger partial charge in [-0.3, -0.25) is 0 Å². The maximum atomic E-state index is 11.6. The smallest absolute Gasteiger partial charge is 0.314 e. The number of rotatable bonds is 6. The summed E-state index contributed by atoms with van der Waals surface area (Å²) in [6.45, 7) is 7.61. The number of carbonyl (C=O) groups excluding carboxylic acids is 1. The minimum Gasteiger partial charge on any atom is -0.338 e. The summed E-state index contributed by atoms with van der Waals surface area (Å²) < 4.78 is 2.34. The maximum Gasteiger partial charge on any atom is 0.314 e. The van der Waals surface area contributed by atoms with E-state index in [1.807, 2.05) is 6.20 Å². The number of nitrogens with zero attached hydrogens (tertiary/aromatic N) is 2. The van der Waals surface area contributed by atoms with E-state index in [1.165, 1.54) is 25.0 Å². The average molecular weight is 278 g/mol. The van der Waals surface area contributed by atoms with Crippen molar-refractivity contribution in [3.63, 3.8) is 0 Å². The van der Waals surface area contributed by atoms with Crippen molar-refractivity contribution >= 4 is 6.03 Å². The Morgan fingerprint density at radius 1 is 1.45 bits per heavy atom. The monoisotopic (exact) mass is 278 g/mol. The molecule has 0 saturated heterocycles. The molecule has 5 nitrogen and oxygen atoms in total. The number of nitrogens with one attached hydrogen (secondary N) is 2. The second-order valence-electron chi connectivity index (χ2n) is 6.05. The summed E-state index contributed by atoms with van der Waals surface area (Å²) in [6, 6.07) is 0.541. The lowest BCUT2D eigenvalue weighted by Crippen LogP contribution is -2.38. The number of aryl methyl sites for hydroxylation is 1. The van der Waals surface area contributed by atoms with Crippen LogP contribution in [0.25, 0.3) is 0 Å². The number of imidazole rings is 1. The molecule has 0 radical (unpaired) electrons. The Hall–Kier alpha value is -1.52. The standard InChI is InChI=1S/C15H26N4O/c1-11(2)9-18-15(20)16-8-7-14-17-10-12(3)19(14)13-5-4-6-13/h10-11,13H,4-9H2,1-3H3,(H2,16,18,20). The fourth-order valence-corrected chi connectivity index (χ4v) is 2.47. The first-order chi connectivity index (χ1) is 9.58. The fourth-order valence-electron chi connectivity index (χ4n) is 2.47. The van der Waals surface area contributed by atoms with Crippen molar-refractivity contribution in [3.8, 4) is 0 Å². The molecule has 0 bridgehead atoms. The normalized spacial score (nSPS) is 15.2. The molecule has 1 aliphatic rings. The van der Waals surface area contributed by atoms with Crippen molar-refractivity contribution in [1.29, 1.82) is 0 Å². The second-order valence-corrected chi connectivity index (χ2v) is 6.05. The summed E-state index contributed by atoms with van der Waals surface area (Å²) in [5.74, 6) is 1.57. The molecule has 2 amide bonds. The third-order valence-corrected chi connectivity index (χ3v) is 3.80. The molecule has 1 saturated carbocycles. The van der Waals surface area contributed by atoms with Gasteiger partial charge in [0.05, 0.1) is 0 Å². The lowest BCUT2D eigenvalue weighted by molar-refractivity contribution is 0.239. The zero-order valence-electron chi connectivity index (χ0n) is 12.8. The molecule has 0 aromatic carbocycles. The van der Waals surface area contributed by atoms with Crippen LogP contribution in [0, 0.1) is 12.8 Å². The van der Waals surface area contributed by atoms with Gasteiger partial charge in [-0.2, -0.15) is 0 Å². The van der Waals surface area contributed by atoms with Crippen LogP contribution in [0.15, 0.2) is 6.20 Å². The highest BCUT2D eigenvalue weighted by molar-refractivity contribution is 5.73. The molecule has 2 rings (SSSR count). The van der Waals surface area contributed by atoms with Crippen LogP contribution in [0.2, 0.25) is 0 Å². The van der Waals surface area contributed by atoms with E-state index in [0.29, 0.717) is 25.0 Å². The highest BCUT2D eigenvalue weighted by Crippen LogP contribution is 2.33. The van der Waals surface area contributed by atoms with Crippen LogP contribution in [-0.2, 0) is 6.42 Å². The van der Waals surface area contributed by atoms with E-state index in [-0.39, 0.29) is 6.03 Å². The maximum absolute atomic E-state index is 11.6. The third kappa shape index (κ3) is 3.74. The number of amides is 2. The van der Waals surface area contributed by atoms with E-state index in [9.17, 15) is 4.79 Å². The lowest BCUT2D eigenvalue weighted by atomic mass is 9.92. The molecule has 1 aromatic heterocycles. The van der Waals surface area contributed by atoms with Gasteiger partial charge in [0.25, 0.3) is 0 Å². The van der Waals surface area contributed by atoms with Crippen LogP contribution in [0.5, 0.6) is 0 Å². The Morgan fingerprint density at radius 3 is 2.80 bits per heavy atom. The topological polar surface area (TPSA) is 59.0 Å². The predicted octanol–water partition coefficient (Wildman–Crippen LogP) is 2.41. The van der Waals surface area contributed by atoms with Crippen LogP contribution < -0.4 is 10.6 Å². The molecule has 1 heterocycles. The summed E-state index contributed by atoms with van der Waals surface area (Å²) in [6.07, 6.45) is 6.56. The van der Waals surface area contributed by atoms with Crippen molar-refractivity contribution in [2.24, 2.45) is 5.92 Å². The highest BCUT2D eigenvalue weighted by atomic mass is 16.2. The van der Waals surface area contributed by atoms with Crippen LogP contribution in [0.1, 0.15) is 50.7 Å². The molecule has 112 valence electrons. The van der Waals surface area contributed by atoms with Crippen molar-refractivity contribution in [2.75, 3.05) is 13.1 Å². The van der Waals surface area contributed by atoms with Gasteiger partial charge in [-0.25, -0.2) is 9.78 Å². The van der Waals surface area contributed by atoms with Gasteiger partial charge in [0.15, 0.2) is 0 Å². The summed E-state index contributed by atoms with van der Waals surface area (Å²) in [5.41, 5.74) is 1.23. The minimum atomic E-state index is -0.0860. The van der Waals surface area contributed by atoms with E-state index in [2.05, 4.69) is 41.0 Å². The number of urea groups is 1. The van der Waals surface area contributed by atoms with Gasteiger partial charge in [-0.1, -0.05) is 13.8 Å². The highest BCUT2D eigenvalue weighted by Gasteiger charge is 2.23. The Balaban J connectivity index is 1.78. The van der Waals surface area contributed by atoms with Gasteiger partial charge in [-0.05, 0) is 32.1 Å². The minimum absolute atomic E-state index is 0.0860. The van der Waals surface area contributed by atoms with Gasteiger partial charge in [-0.15, -0.1) is 0 Å². The molecule has 20 heavy (non-hydrogen) atoms. The Bertz CT molecular complexity index is 449. The molecular weight excluding hydrogens is 252 g/mol. The summed E-state index contributed by atoms with van der Waals surface area (Å²) in [7, 11) is 0. The Kier molecular flexibility index (Phi) is 5.04. The Morgan fingerprint density at radius 2 is 2.20 bits per heavy atom. The van der Waals surface area contributed by atoms with Gasteiger partial charge in [0, 0.05) is 37.4 Å². The van der Waals surface area contributed by atoms with Crippen LogP contribution in [0.4, 0.5) is 4.79 Å². The molecule has 0 unspecified atom stereocenters. The van der Waals surface area contributed by atoms with Gasteiger partial charge < -0.3 is 15.2 Å². The number of aromatic nitrogens is 2. The van der Waals surface area contributed by atoms with Crippen LogP contribution in [0.3, 0.4) is 0 Å². The first-order valence-corrected chi connectivity index (χ1v) is 7.62. The Labute approximate surface area is 121 Å². The van der Waals surface area contributed by atoms with Gasteiger partial charge >= 0.3 is 6.03 Å². The summed E-state index contributed by atoms with van der Waals surface area (Å²) in [5, 5.41) is 5.75. The van der Waals surface area contributed by atoms with E-state index in [0.717, 1.165) is 12.2 Å². The molecule has 1 aromatic rings. The van der Waals surface area contributed by atoms with Crippen molar-refractivity contribution in [3.05, 3.63) is 17.7 Å². The zero-order valence-corrected chi connectivity index (χ0v) is 12.8. The molecule has 1 aliphatic carbocycles. The first kappa shape index (κ1) is 14.9. The predicted molar refractivity (Wildman–Crippen MR) is 79.8 cm³/mol. The molecule has 0 spiro atoms.